The van der Waals surface area contributed by atoms with E-state index < -0.39 is 0 Å². The van der Waals surface area contributed by atoms with Gasteiger partial charge in [0.2, 0.25) is 0 Å². The summed E-state index contributed by atoms with van der Waals surface area (Å²) >= 11 is 0. The Bertz CT molecular complexity index is 524. The molecule has 0 fully saturated rings. The number of ether oxygens (including phenoxy) is 1. The van der Waals surface area contributed by atoms with E-state index >= 15 is 0 Å². The highest BCUT2D eigenvalue weighted by Gasteiger charge is 2.07. The van der Waals surface area contributed by atoms with Gasteiger partial charge in [-0.25, -0.2) is 0 Å². The lowest BCUT2D eigenvalue weighted by Gasteiger charge is -2.16. The first kappa shape index (κ1) is 15.6. The molecule has 1 N–H and O–H groups in total. The normalized spacial score (nSPS) is 12.1. The van der Waals surface area contributed by atoms with Crippen molar-refractivity contribution in [3.8, 4) is 5.75 Å². The third-order valence-corrected chi connectivity index (χ3v) is 3.76. The highest BCUT2D eigenvalue weighted by atomic mass is 16.5. The zero-order valence-electron chi connectivity index (χ0n) is 13.0. The summed E-state index contributed by atoms with van der Waals surface area (Å²) in [5, 5.41) is 3.39. The van der Waals surface area contributed by atoms with E-state index in [1.807, 2.05) is 19.2 Å². The Morgan fingerprint density at radius 1 is 1.00 bits per heavy atom. The molecule has 2 aromatic carbocycles. The molecule has 0 aliphatic carbocycles. The van der Waals surface area contributed by atoms with Crippen LogP contribution in [0.4, 0.5) is 0 Å². The Kier molecular flexibility index (Phi) is 6.29. The van der Waals surface area contributed by atoms with Gasteiger partial charge in [-0.3, -0.25) is 0 Å². The third kappa shape index (κ3) is 5.60. The monoisotopic (exact) mass is 283 g/mol. The van der Waals surface area contributed by atoms with E-state index in [1.54, 1.807) is 0 Å². The minimum atomic E-state index is 0.495. The maximum Gasteiger partial charge on any atom is 0.119 e. The molecule has 0 heterocycles. The molecule has 2 nitrogen and oxygen atoms in total. The van der Waals surface area contributed by atoms with Crippen LogP contribution in [0.5, 0.6) is 5.75 Å². The van der Waals surface area contributed by atoms with E-state index in [9.17, 15) is 0 Å². The van der Waals surface area contributed by atoms with Gasteiger partial charge in [0.1, 0.15) is 5.75 Å². The minimum Gasteiger partial charge on any atom is -0.494 e. The molecule has 0 saturated heterocycles. The summed E-state index contributed by atoms with van der Waals surface area (Å²) in [5.41, 5.74) is 2.64. The SMILES string of the molecule is CNC(CCOc1cccc(C)c1)CCc1ccccc1. The van der Waals surface area contributed by atoms with Gasteiger partial charge in [-0.2, -0.15) is 0 Å². The van der Waals surface area contributed by atoms with Crippen LogP contribution in [0.3, 0.4) is 0 Å². The lowest BCUT2D eigenvalue weighted by molar-refractivity contribution is 0.285. The number of nitrogens with one attached hydrogen (secondary N) is 1. The number of aryl methyl sites for hydroxylation is 2. The molecular weight excluding hydrogens is 258 g/mol. The van der Waals surface area contributed by atoms with Gasteiger partial charge < -0.3 is 10.1 Å². The van der Waals surface area contributed by atoms with E-state index in [0.717, 1.165) is 31.6 Å². The third-order valence-electron chi connectivity index (χ3n) is 3.76. The Morgan fingerprint density at radius 3 is 2.52 bits per heavy atom. The summed E-state index contributed by atoms with van der Waals surface area (Å²) in [4.78, 5) is 0. The summed E-state index contributed by atoms with van der Waals surface area (Å²) in [7, 11) is 2.03. The molecule has 112 valence electrons. The lowest BCUT2D eigenvalue weighted by Crippen LogP contribution is -2.27. The lowest BCUT2D eigenvalue weighted by atomic mass is 10.0. The molecule has 1 atom stereocenters. The zero-order valence-corrected chi connectivity index (χ0v) is 13.0. The first-order valence-corrected chi connectivity index (χ1v) is 7.68. The molecule has 2 rings (SSSR count). The van der Waals surface area contributed by atoms with E-state index in [1.165, 1.54) is 11.1 Å². The smallest absolute Gasteiger partial charge is 0.119 e. The van der Waals surface area contributed by atoms with Crippen LogP contribution in [-0.4, -0.2) is 19.7 Å². The molecule has 0 saturated carbocycles. The van der Waals surface area contributed by atoms with Crippen molar-refractivity contribution in [1.29, 1.82) is 0 Å². The standard InChI is InChI=1S/C19H25NO/c1-16-7-6-10-19(15-16)21-14-13-18(20-2)12-11-17-8-4-3-5-9-17/h3-10,15,18,20H,11-14H2,1-2H3. The maximum absolute atomic E-state index is 5.83. The topological polar surface area (TPSA) is 21.3 Å². The van der Waals surface area contributed by atoms with Gasteiger partial charge in [0.15, 0.2) is 0 Å². The summed E-state index contributed by atoms with van der Waals surface area (Å²) < 4.78 is 5.83. The van der Waals surface area contributed by atoms with Gasteiger partial charge in [0.05, 0.1) is 6.61 Å². The molecule has 21 heavy (non-hydrogen) atoms. The fourth-order valence-electron chi connectivity index (χ4n) is 2.44. The number of rotatable bonds is 8. The van der Waals surface area contributed by atoms with E-state index in [0.29, 0.717) is 6.04 Å². The predicted molar refractivity (Wildman–Crippen MR) is 88.9 cm³/mol. The average Bonchev–Trinajstić information content (AvgIpc) is 2.52. The van der Waals surface area contributed by atoms with Crippen molar-refractivity contribution < 1.29 is 4.74 Å². The molecule has 1 unspecified atom stereocenters. The van der Waals surface area contributed by atoms with Gasteiger partial charge in [0.25, 0.3) is 0 Å². The second-order valence-electron chi connectivity index (χ2n) is 5.46. The van der Waals surface area contributed by atoms with Gasteiger partial charge in [-0.15, -0.1) is 0 Å². The number of hydrogen-bond donors (Lipinski definition) is 1. The Labute approximate surface area is 128 Å². The van der Waals surface area contributed by atoms with Crippen LogP contribution in [0.25, 0.3) is 0 Å². The predicted octanol–water partition coefficient (Wildman–Crippen LogP) is 3.98. The fourth-order valence-corrected chi connectivity index (χ4v) is 2.44. The minimum absolute atomic E-state index is 0.495. The molecular formula is C19H25NO. The highest BCUT2D eigenvalue weighted by Crippen LogP contribution is 2.13. The Balaban J connectivity index is 1.72. The summed E-state index contributed by atoms with van der Waals surface area (Å²) in [6, 6.07) is 19.4. The van der Waals surface area contributed by atoms with Crippen LogP contribution in [0, 0.1) is 6.92 Å². The van der Waals surface area contributed by atoms with Crippen molar-refractivity contribution in [3.05, 3.63) is 65.7 Å². The van der Waals surface area contributed by atoms with Crippen LogP contribution in [0.2, 0.25) is 0 Å². The molecule has 0 amide bonds. The zero-order chi connectivity index (χ0) is 14.9. The van der Waals surface area contributed by atoms with E-state index in [2.05, 4.69) is 54.7 Å². The highest BCUT2D eigenvalue weighted by molar-refractivity contribution is 5.27. The molecule has 0 aliphatic rings. The van der Waals surface area contributed by atoms with Crippen LogP contribution >= 0.6 is 0 Å². The second kappa shape index (κ2) is 8.48. The second-order valence-corrected chi connectivity index (χ2v) is 5.46. The van der Waals surface area contributed by atoms with E-state index in [4.69, 9.17) is 4.74 Å². The first-order valence-electron chi connectivity index (χ1n) is 7.68. The molecule has 0 aromatic heterocycles. The first-order chi connectivity index (χ1) is 10.3. The molecule has 0 spiro atoms. The maximum atomic E-state index is 5.83. The van der Waals surface area contributed by atoms with Gasteiger partial charge in [-0.05, 0) is 56.5 Å². The Hall–Kier alpha value is -1.80. The summed E-state index contributed by atoms with van der Waals surface area (Å²) in [6.45, 7) is 2.84. The van der Waals surface area contributed by atoms with Crippen LogP contribution in [-0.2, 0) is 6.42 Å². The quantitative estimate of drug-likeness (QED) is 0.791. The summed E-state index contributed by atoms with van der Waals surface area (Å²) in [6.07, 6.45) is 3.27. The molecule has 2 aromatic rings. The van der Waals surface area contributed by atoms with Gasteiger partial charge in [-0.1, -0.05) is 42.5 Å². The number of benzene rings is 2. The van der Waals surface area contributed by atoms with Crippen LogP contribution < -0.4 is 10.1 Å². The van der Waals surface area contributed by atoms with Crippen molar-refractivity contribution in [2.75, 3.05) is 13.7 Å². The van der Waals surface area contributed by atoms with Gasteiger partial charge in [0, 0.05) is 6.04 Å². The van der Waals surface area contributed by atoms with Crippen LogP contribution in [0.15, 0.2) is 54.6 Å². The molecule has 0 bridgehead atoms. The van der Waals surface area contributed by atoms with Crippen molar-refractivity contribution >= 4 is 0 Å². The largest absolute Gasteiger partial charge is 0.494 e. The van der Waals surface area contributed by atoms with E-state index in [-0.39, 0.29) is 0 Å². The Morgan fingerprint density at radius 2 is 1.81 bits per heavy atom. The molecule has 0 aliphatic heterocycles. The number of hydrogen-bond acceptors (Lipinski definition) is 2. The van der Waals surface area contributed by atoms with Crippen molar-refractivity contribution in [3.63, 3.8) is 0 Å². The van der Waals surface area contributed by atoms with Crippen molar-refractivity contribution in [2.24, 2.45) is 0 Å². The van der Waals surface area contributed by atoms with Crippen molar-refractivity contribution in [2.45, 2.75) is 32.2 Å². The molecule has 0 radical (unpaired) electrons. The summed E-state index contributed by atoms with van der Waals surface area (Å²) in [5.74, 6) is 0.966. The van der Waals surface area contributed by atoms with Crippen molar-refractivity contribution in [1.82, 2.24) is 5.32 Å². The average molecular weight is 283 g/mol. The molecule has 2 heteroatoms. The van der Waals surface area contributed by atoms with Crippen LogP contribution in [0.1, 0.15) is 24.0 Å². The van der Waals surface area contributed by atoms with Gasteiger partial charge >= 0.3 is 0 Å². The fraction of sp³-hybridized carbons (Fsp3) is 0.368.